The first-order valence-corrected chi connectivity index (χ1v) is 14.3. The molecule has 0 unspecified atom stereocenters. The minimum absolute atomic E-state index is 0.0182. The van der Waals surface area contributed by atoms with E-state index >= 15 is 0 Å². The number of rotatable bonds is 6. The van der Waals surface area contributed by atoms with Gasteiger partial charge in [-0.1, -0.05) is 30.9 Å². The molecule has 2 aromatic carbocycles. The van der Waals surface area contributed by atoms with Crippen molar-refractivity contribution in [2.24, 2.45) is 5.92 Å². The molecular weight excluding hydrogens is 530 g/mol. The molecule has 0 radical (unpaired) electrons. The van der Waals surface area contributed by atoms with Gasteiger partial charge in [-0.15, -0.1) is 0 Å². The van der Waals surface area contributed by atoms with Crippen molar-refractivity contribution in [1.82, 2.24) is 14.2 Å². The van der Waals surface area contributed by atoms with Crippen molar-refractivity contribution >= 4 is 15.9 Å². The van der Waals surface area contributed by atoms with Gasteiger partial charge in [0.1, 0.15) is 28.2 Å². The number of aliphatic hydroxyl groups excluding tert-OH is 1. The number of aliphatic hydroxyl groups is 1. The van der Waals surface area contributed by atoms with E-state index in [2.05, 4.69) is 16.8 Å². The molecule has 4 rings (SSSR count). The Kier molecular flexibility index (Phi) is 9.10. The first kappa shape index (κ1) is 29.1. The highest BCUT2D eigenvalue weighted by Gasteiger charge is 2.38. The molecule has 0 saturated heterocycles. The lowest BCUT2D eigenvalue weighted by molar-refractivity contribution is 0.0559. The zero-order valence-corrected chi connectivity index (χ0v) is 23.8. The lowest BCUT2D eigenvalue weighted by atomic mass is 10.0. The van der Waals surface area contributed by atoms with Gasteiger partial charge in [0.05, 0.1) is 20.3 Å². The highest BCUT2D eigenvalue weighted by atomic mass is 32.2. The third-order valence-corrected chi connectivity index (χ3v) is 8.79. The van der Waals surface area contributed by atoms with Gasteiger partial charge in [-0.2, -0.15) is 4.31 Å². The van der Waals surface area contributed by atoms with E-state index in [-0.39, 0.29) is 42.2 Å². The normalized spacial score (nSPS) is 19.0. The standard InChI is InChI=1S/C30H33N3O6S/c1-21-18-33(22(2)20-34)40(36,37)29-14-13-24(12-11-23-8-7-9-25(16-23)38-4)17-27(29)39-28(21)19-32(3)30(35)26-10-5-6-15-31-26/h5-10,13-17,21-22,28,34H,18-20H2,1-4H3/t21-,22-,28-/m1/s1. The Morgan fingerprint density at radius 1 is 1.18 bits per heavy atom. The summed E-state index contributed by atoms with van der Waals surface area (Å²) in [5.41, 5.74) is 1.60. The maximum Gasteiger partial charge on any atom is 0.272 e. The molecule has 9 nitrogen and oxygen atoms in total. The average Bonchev–Trinajstić information content (AvgIpc) is 2.97. The molecule has 3 aromatic rings. The predicted molar refractivity (Wildman–Crippen MR) is 151 cm³/mol. The van der Waals surface area contributed by atoms with Crippen molar-refractivity contribution < 1.29 is 27.8 Å². The van der Waals surface area contributed by atoms with Gasteiger partial charge in [-0.3, -0.25) is 9.78 Å². The number of fused-ring (bicyclic) bond motifs is 1. The molecule has 1 N–H and O–H groups in total. The van der Waals surface area contributed by atoms with E-state index in [1.807, 2.05) is 31.2 Å². The highest BCUT2D eigenvalue weighted by Crippen LogP contribution is 2.34. The van der Waals surface area contributed by atoms with Crippen LogP contribution in [-0.2, 0) is 10.0 Å². The summed E-state index contributed by atoms with van der Waals surface area (Å²) in [6, 6.07) is 16.5. The van der Waals surface area contributed by atoms with Gasteiger partial charge in [0.15, 0.2) is 0 Å². The number of ether oxygens (including phenoxy) is 2. The number of sulfonamides is 1. The molecule has 0 aliphatic carbocycles. The molecule has 1 amide bonds. The van der Waals surface area contributed by atoms with Crippen molar-refractivity contribution in [2.75, 3.05) is 33.9 Å². The zero-order chi connectivity index (χ0) is 28.9. The maximum absolute atomic E-state index is 13.7. The summed E-state index contributed by atoms with van der Waals surface area (Å²) in [7, 11) is -0.755. The number of methoxy groups -OCH3 is 1. The average molecular weight is 564 g/mol. The Morgan fingerprint density at radius 3 is 2.60 bits per heavy atom. The molecule has 10 heteroatoms. The lowest BCUT2D eigenvalue weighted by Crippen LogP contribution is -2.50. The van der Waals surface area contributed by atoms with Crippen LogP contribution in [0.5, 0.6) is 11.5 Å². The fraction of sp³-hybridized carbons (Fsp3) is 0.333. The zero-order valence-electron chi connectivity index (χ0n) is 22.9. The molecule has 1 aliphatic heterocycles. The van der Waals surface area contributed by atoms with Crippen molar-refractivity contribution in [3.8, 4) is 23.3 Å². The third kappa shape index (κ3) is 6.45. The molecule has 0 spiro atoms. The van der Waals surface area contributed by atoms with Crippen LogP contribution >= 0.6 is 0 Å². The predicted octanol–water partition coefficient (Wildman–Crippen LogP) is 3.03. The molecular formula is C30H33N3O6S. The second-order valence-electron chi connectivity index (χ2n) is 9.78. The Labute approximate surface area is 235 Å². The van der Waals surface area contributed by atoms with Crippen molar-refractivity contribution in [1.29, 1.82) is 0 Å². The molecule has 0 fully saturated rings. The molecule has 0 saturated carbocycles. The van der Waals surface area contributed by atoms with Crippen molar-refractivity contribution in [2.45, 2.75) is 30.9 Å². The molecule has 40 heavy (non-hydrogen) atoms. The molecule has 3 atom stereocenters. The van der Waals surface area contributed by atoms with Gasteiger partial charge < -0.3 is 19.5 Å². The van der Waals surface area contributed by atoms with Gasteiger partial charge in [-0.05, 0) is 55.5 Å². The first-order chi connectivity index (χ1) is 19.1. The van der Waals surface area contributed by atoms with Crippen LogP contribution < -0.4 is 9.47 Å². The SMILES string of the molecule is COc1cccc(C#Cc2ccc3c(c2)O[C@H](CN(C)C(=O)c2ccccn2)[C@H](C)CN([C@H](C)CO)S3(=O)=O)c1. The van der Waals surface area contributed by atoms with Crippen LogP contribution in [0.2, 0.25) is 0 Å². The van der Waals surface area contributed by atoms with Crippen LogP contribution in [0.4, 0.5) is 0 Å². The molecule has 1 aliphatic rings. The number of carbonyl (C=O) groups is 1. The van der Waals surface area contributed by atoms with E-state index in [0.717, 1.165) is 5.56 Å². The number of pyridine rings is 1. The molecule has 0 bridgehead atoms. The number of likely N-dealkylation sites (N-methyl/N-ethyl adjacent to an activating group) is 1. The quantitative estimate of drug-likeness (QED) is 0.459. The highest BCUT2D eigenvalue weighted by molar-refractivity contribution is 7.89. The first-order valence-electron chi connectivity index (χ1n) is 12.9. The number of hydrogen-bond acceptors (Lipinski definition) is 7. The number of benzene rings is 2. The van der Waals surface area contributed by atoms with E-state index in [0.29, 0.717) is 17.0 Å². The summed E-state index contributed by atoms with van der Waals surface area (Å²) in [5.74, 6) is 6.38. The number of carbonyl (C=O) groups excluding carboxylic acids is 1. The Morgan fingerprint density at radius 2 is 1.93 bits per heavy atom. The molecule has 1 aromatic heterocycles. The second-order valence-corrected chi connectivity index (χ2v) is 11.6. The van der Waals surface area contributed by atoms with Crippen molar-refractivity contribution in [3.63, 3.8) is 0 Å². The Hall–Kier alpha value is -3.91. The van der Waals surface area contributed by atoms with E-state index < -0.39 is 22.2 Å². The molecule has 210 valence electrons. The summed E-state index contributed by atoms with van der Waals surface area (Å²) in [6.07, 6.45) is 1.00. The van der Waals surface area contributed by atoms with Crippen LogP contribution in [0.25, 0.3) is 0 Å². The van der Waals surface area contributed by atoms with Gasteiger partial charge in [0, 0.05) is 42.9 Å². The van der Waals surface area contributed by atoms with E-state index in [1.54, 1.807) is 57.6 Å². The van der Waals surface area contributed by atoms with Crippen LogP contribution in [0.1, 0.15) is 35.5 Å². The number of aromatic nitrogens is 1. The van der Waals surface area contributed by atoms with Gasteiger partial charge in [0.25, 0.3) is 5.91 Å². The summed E-state index contributed by atoms with van der Waals surface area (Å²) in [6.45, 7) is 3.49. The fourth-order valence-electron chi connectivity index (χ4n) is 4.40. The van der Waals surface area contributed by atoms with Gasteiger partial charge in [0.2, 0.25) is 10.0 Å². The summed E-state index contributed by atoms with van der Waals surface area (Å²) >= 11 is 0. The van der Waals surface area contributed by atoms with Gasteiger partial charge >= 0.3 is 0 Å². The van der Waals surface area contributed by atoms with Crippen LogP contribution in [0.3, 0.4) is 0 Å². The maximum atomic E-state index is 13.7. The summed E-state index contributed by atoms with van der Waals surface area (Å²) in [5, 5.41) is 9.86. The largest absolute Gasteiger partial charge is 0.497 e. The Bertz CT molecular complexity index is 1520. The van der Waals surface area contributed by atoms with Crippen molar-refractivity contribution in [3.05, 3.63) is 83.7 Å². The summed E-state index contributed by atoms with van der Waals surface area (Å²) < 4.78 is 40.4. The number of amides is 1. The number of nitrogens with zero attached hydrogens (tertiary/aromatic N) is 3. The Balaban J connectivity index is 1.72. The van der Waals surface area contributed by atoms with Gasteiger partial charge in [-0.25, -0.2) is 8.42 Å². The van der Waals surface area contributed by atoms with Crippen LogP contribution in [0.15, 0.2) is 71.8 Å². The topological polar surface area (TPSA) is 109 Å². The van der Waals surface area contributed by atoms with E-state index in [4.69, 9.17) is 9.47 Å². The van der Waals surface area contributed by atoms with Crippen LogP contribution in [0, 0.1) is 17.8 Å². The molecule has 2 heterocycles. The summed E-state index contributed by atoms with van der Waals surface area (Å²) in [4.78, 5) is 18.7. The monoisotopic (exact) mass is 563 g/mol. The smallest absolute Gasteiger partial charge is 0.272 e. The van der Waals surface area contributed by atoms with E-state index in [9.17, 15) is 18.3 Å². The minimum atomic E-state index is -4.00. The second kappa shape index (κ2) is 12.5. The minimum Gasteiger partial charge on any atom is -0.497 e. The lowest BCUT2D eigenvalue weighted by Gasteiger charge is -2.37. The fourth-order valence-corrected chi connectivity index (χ4v) is 6.23. The van der Waals surface area contributed by atoms with Crippen LogP contribution in [-0.4, -0.2) is 79.6 Å². The number of hydrogen-bond donors (Lipinski definition) is 1. The third-order valence-electron chi connectivity index (χ3n) is 6.77. The van der Waals surface area contributed by atoms with E-state index in [1.165, 1.54) is 15.3 Å².